The van der Waals surface area contributed by atoms with Crippen LogP contribution in [0.2, 0.25) is 0 Å². The van der Waals surface area contributed by atoms with Gasteiger partial charge in [0.2, 0.25) is 5.88 Å². The molecule has 0 bridgehead atoms. The van der Waals surface area contributed by atoms with Crippen LogP contribution in [0, 0.1) is 6.92 Å². The Labute approximate surface area is 209 Å². The minimum absolute atomic E-state index is 0.0910. The van der Waals surface area contributed by atoms with E-state index in [1.54, 1.807) is 30.0 Å². The molecule has 9 nitrogen and oxygen atoms in total. The van der Waals surface area contributed by atoms with Crippen LogP contribution >= 0.6 is 0 Å². The predicted octanol–water partition coefficient (Wildman–Crippen LogP) is 3.24. The van der Waals surface area contributed by atoms with Crippen molar-refractivity contribution < 1.29 is 18.7 Å². The van der Waals surface area contributed by atoms with E-state index in [9.17, 15) is 9.18 Å². The zero-order valence-electron chi connectivity index (χ0n) is 20.6. The molecule has 3 aromatic heterocycles. The standard InChI is InChI=1S/C17H20FN5O3.C9H11N/c1-10-7-13(16(19)24)21-22-17(10)23-6-5-14(12(18)9-23)26-11-3-4-15(25-2)20-8-11;1-2-6-9-8(4-1)5-3-7-10-9/h3-4,7-8,12,14H,5-6,9H2,1-2H3,(H2,19,24);3,5,7H,1-2,4,6H2. The Hall–Kier alpha value is -3.82. The number of primary amides is 1. The number of hydrogen-bond donors (Lipinski definition) is 1. The number of carbonyl (C=O) groups is 1. The number of pyridine rings is 2. The third-order valence-corrected chi connectivity index (χ3v) is 6.29. The second-order valence-corrected chi connectivity index (χ2v) is 8.86. The van der Waals surface area contributed by atoms with Gasteiger partial charge in [0.15, 0.2) is 17.7 Å². The van der Waals surface area contributed by atoms with Crippen molar-refractivity contribution >= 4 is 11.7 Å². The number of rotatable bonds is 5. The molecule has 2 N–H and O–H groups in total. The van der Waals surface area contributed by atoms with Crippen LogP contribution in [0.4, 0.5) is 10.2 Å². The monoisotopic (exact) mass is 494 g/mol. The number of amides is 1. The highest BCUT2D eigenvalue weighted by Crippen LogP contribution is 2.26. The van der Waals surface area contributed by atoms with Gasteiger partial charge in [0.05, 0.1) is 19.9 Å². The Balaban J connectivity index is 0.000000251. The quantitative estimate of drug-likeness (QED) is 0.575. The number of aryl methyl sites for hydroxylation is 3. The van der Waals surface area contributed by atoms with E-state index in [-0.39, 0.29) is 12.2 Å². The Bertz CT molecular complexity index is 1150. The average Bonchev–Trinajstić information content (AvgIpc) is 2.90. The number of fused-ring (bicyclic) bond motifs is 1. The molecule has 1 aliphatic heterocycles. The molecule has 2 aliphatic rings. The van der Waals surface area contributed by atoms with Crippen molar-refractivity contribution in [3.8, 4) is 11.6 Å². The second kappa shape index (κ2) is 11.7. The average molecular weight is 495 g/mol. The van der Waals surface area contributed by atoms with Crippen LogP contribution < -0.4 is 20.1 Å². The van der Waals surface area contributed by atoms with Gasteiger partial charge in [0, 0.05) is 30.9 Å². The first-order valence-corrected chi connectivity index (χ1v) is 12.1. The molecule has 0 radical (unpaired) electrons. The van der Waals surface area contributed by atoms with Crippen molar-refractivity contribution in [3.63, 3.8) is 0 Å². The summed E-state index contributed by atoms with van der Waals surface area (Å²) in [5.41, 5.74) is 8.81. The number of methoxy groups -OCH3 is 1. The lowest BCUT2D eigenvalue weighted by Gasteiger charge is -2.35. The van der Waals surface area contributed by atoms with E-state index in [1.165, 1.54) is 50.2 Å². The first-order valence-electron chi connectivity index (χ1n) is 12.1. The molecule has 1 fully saturated rings. The molecule has 1 amide bonds. The highest BCUT2D eigenvalue weighted by Gasteiger charge is 2.32. The first kappa shape index (κ1) is 25.3. The van der Waals surface area contributed by atoms with Crippen LogP contribution in [0.5, 0.6) is 11.6 Å². The van der Waals surface area contributed by atoms with Gasteiger partial charge in [-0.05, 0) is 61.9 Å². The van der Waals surface area contributed by atoms with Crippen LogP contribution in [-0.2, 0) is 12.8 Å². The molecule has 0 aromatic carbocycles. The lowest BCUT2D eigenvalue weighted by molar-refractivity contribution is 0.0814. The summed E-state index contributed by atoms with van der Waals surface area (Å²) in [6.07, 6.45) is 7.20. The van der Waals surface area contributed by atoms with Crippen molar-refractivity contribution in [1.82, 2.24) is 20.2 Å². The van der Waals surface area contributed by atoms with Gasteiger partial charge in [-0.15, -0.1) is 10.2 Å². The van der Waals surface area contributed by atoms with Gasteiger partial charge in [0.1, 0.15) is 11.9 Å². The SMILES string of the molecule is COc1ccc(OC2CCN(c3nnc(C(N)=O)cc3C)CC2F)cn1.c1cnc2c(c1)CCCC2. The summed E-state index contributed by atoms with van der Waals surface area (Å²) in [4.78, 5) is 21.3. The van der Waals surface area contributed by atoms with E-state index < -0.39 is 18.2 Å². The molecule has 2 atom stereocenters. The van der Waals surface area contributed by atoms with Gasteiger partial charge in [-0.2, -0.15) is 0 Å². The molecule has 1 saturated heterocycles. The third-order valence-electron chi connectivity index (χ3n) is 6.29. The highest BCUT2D eigenvalue weighted by atomic mass is 19.1. The maximum Gasteiger partial charge on any atom is 0.269 e. The molecule has 1 aliphatic carbocycles. The lowest BCUT2D eigenvalue weighted by atomic mass is 9.96. The lowest BCUT2D eigenvalue weighted by Crippen LogP contribution is -2.47. The highest BCUT2D eigenvalue weighted by molar-refractivity contribution is 5.90. The molecular weight excluding hydrogens is 463 g/mol. The van der Waals surface area contributed by atoms with E-state index in [0.29, 0.717) is 30.4 Å². The minimum Gasteiger partial charge on any atom is -0.486 e. The zero-order valence-corrected chi connectivity index (χ0v) is 20.6. The molecule has 3 aromatic rings. The number of anilines is 1. The number of nitrogens with zero attached hydrogens (tertiary/aromatic N) is 5. The smallest absolute Gasteiger partial charge is 0.269 e. The van der Waals surface area contributed by atoms with E-state index >= 15 is 0 Å². The zero-order chi connectivity index (χ0) is 25.5. The van der Waals surface area contributed by atoms with Crippen LogP contribution in [0.3, 0.4) is 0 Å². The van der Waals surface area contributed by atoms with Gasteiger partial charge in [-0.25, -0.2) is 9.37 Å². The van der Waals surface area contributed by atoms with Gasteiger partial charge in [0.25, 0.3) is 5.91 Å². The van der Waals surface area contributed by atoms with Crippen LogP contribution in [0.15, 0.2) is 42.7 Å². The summed E-state index contributed by atoms with van der Waals surface area (Å²) in [6, 6.07) is 9.15. The number of aromatic nitrogens is 4. The summed E-state index contributed by atoms with van der Waals surface area (Å²) in [7, 11) is 1.52. The Morgan fingerprint density at radius 2 is 2.00 bits per heavy atom. The molecule has 10 heteroatoms. The number of piperidine rings is 1. The van der Waals surface area contributed by atoms with Crippen molar-refractivity contribution in [2.75, 3.05) is 25.1 Å². The predicted molar refractivity (Wildman–Crippen MR) is 133 cm³/mol. The maximum atomic E-state index is 14.6. The molecular formula is C26H31FN6O3. The number of carbonyl (C=O) groups excluding carboxylic acids is 1. The summed E-state index contributed by atoms with van der Waals surface area (Å²) >= 11 is 0. The van der Waals surface area contributed by atoms with E-state index in [4.69, 9.17) is 15.2 Å². The fraction of sp³-hybridized carbons (Fsp3) is 0.423. The van der Waals surface area contributed by atoms with Gasteiger partial charge < -0.3 is 20.1 Å². The van der Waals surface area contributed by atoms with Crippen LogP contribution in [-0.4, -0.2) is 58.5 Å². The molecule has 0 spiro atoms. The Morgan fingerprint density at radius 3 is 2.67 bits per heavy atom. The summed E-state index contributed by atoms with van der Waals surface area (Å²) in [5.74, 6) is 0.865. The number of nitrogens with two attached hydrogens (primary N) is 1. The Morgan fingerprint density at radius 1 is 1.17 bits per heavy atom. The van der Waals surface area contributed by atoms with Gasteiger partial charge in [-0.3, -0.25) is 9.78 Å². The summed E-state index contributed by atoms with van der Waals surface area (Å²) in [5, 5.41) is 7.83. The summed E-state index contributed by atoms with van der Waals surface area (Å²) < 4.78 is 25.3. The number of alkyl halides is 1. The maximum absolute atomic E-state index is 14.6. The van der Waals surface area contributed by atoms with Gasteiger partial charge in [-0.1, -0.05) is 6.07 Å². The van der Waals surface area contributed by atoms with E-state index in [1.807, 2.05) is 12.3 Å². The number of halogens is 1. The van der Waals surface area contributed by atoms with Crippen LogP contribution in [0.25, 0.3) is 0 Å². The molecule has 36 heavy (non-hydrogen) atoms. The molecule has 0 saturated carbocycles. The van der Waals surface area contributed by atoms with Crippen molar-refractivity contribution in [1.29, 1.82) is 0 Å². The fourth-order valence-corrected chi connectivity index (χ4v) is 4.38. The first-order chi connectivity index (χ1) is 17.4. The molecule has 190 valence electrons. The molecule has 4 heterocycles. The van der Waals surface area contributed by atoms with Crippen LogP contribution in [0.1, 0.15) is 46.6 Å². The molecule has 5 rings (SSSR count). The van der Waals surface area contributed by atoms with E-state index in [2.05, 4.69) is 26.2 Å². The van der Waals surface area contributed by atoms with Crippen molar-refractivity contribution in [3.05, 3.63) is 65.2 Å². The summed E-state index contributed by atoms with van der Waals surface area (Å²) in [6.45, 7) is 2.47. The Kier molecular flexibility index (Phi) is 8.24. The second-order valence-electron chi connectivity index (χ2n) is 8.86. The van der Waals surface area contributed by atoms with Crippen molar-refractivity contribution in [2.45, 2.75) is 51.3 Å². The van der Waals surface area contributed by atoms with E-state index in [0.717, 1.165) is 5.56 Å². The third kappa shape index (κ3) is 6.24. The normalized spacial score (nSPS) is 18.9. The fourth-order valence-electron chi connectivity index (χ4n) is 4.38. The van der Waals surface area contributed by atoms with Gasteiger partial charge >= 0.3 is 0 Å². The number of hydrogen-bond acceptors (Lipinski definition) is 8. The number of ether oxygens (including phenoxy) is 2. The van der Waals surface area contributed by atoms with Crippen molar-refractivity contribution in [2.24, 2.45) is 5.73 Å². The minimum atomic E-state index is -1.21. The topological polar surface area (TPSA) is 116 Å². The molecule has 2 unspecified atom stereocenters. The largest absolute Gasteiger partial charge is 0.486 e.